The van der Waals surface area contributed by atoms with Crippen LogP contribution < -0.4 is 5.32 Å². The third-order valence-corrected chi connectivity index (χ3v) is 5.16. The van der Waals surface area contributed by atoms with E-state index in [2.05, 4.69) is 15.3 Å². The average molecular weight is 332 g/mol. The number of hydrogen-bond acceptors (Lipinski definition) is 5. The molecule has 2 aromatic rings. The Labute approximate surface area is 136 Å². The van der Waals surface area contributed by atoms with Crippen molar-refractivity contribution in [2.75, 3.05) is 24.7 Å². The van der Waals surface area contributed by atoms with Gasteiger partial charge in [0, 0.05) is 30.9 Å². The summed E-state index contributed by atoms with van der Waals surface area (Å²) in [6, 6.07) is 11.7. The highest BCUT2D eigenvalue weighted by Crippen LogP contribution is 2.19. The molecule has 6 nitrogen and oxygen atoms in total. The van der Waals surface area contributed by atoms with E-state index >= 15 is 0 Å². The molecule has 1 atom stereocenters. The van der Waals surface area contributed by atoms with Gasteiger partial charge in [0.05, 0.1) is 6.26 Å². The van der Waals surface area contributed by atoms with Crippen LogP contribution in [-0.2, 0) is 10.0 Å². The lowest BCUT2D eigenvalue weighted by atomic mass is 10.1. The quantitative estimate of drug-likeness (QED) is 0.926. The topological polar surface area (TPSA) is 75.2 Å². The van der Waals surface area contributed by atoms with Crippen molar-refractivity contribution in [1.29, 1.82) is 0 Å². The van der Waals surface area contributed by atoms with E-state index in [-0.39, 0.29) is 6.04 Å². The first-order valence-electron chi connectivity index (χ1n) is 7.62. The summed E-state index contributed by atoms with van der Waals surface area (Å²) in [6.45, 7) is 1.07. The van der Waals surface area contributed by atoms with Crippen LogP contribution in [0.4, 0.5) is 5.82 Å². The number of aromatic nitrogens is 2. The number of nitrogens with one attached hydrogen (secondary N) is 1. The number of piperidine rings is 1. The van der Waals surface area contributed by atoms with Gasteiger partial charge >= 0.3 is 0 Å². The predicted molar refractivity (Wildman–Crippen MR) is 90.5 cm³/mol. The zero-order chi connectivity index (χ0) is 16.3. The molecule has 0 spiro atoms. The Balaban J connectivity index is 1.73. The summed E-state index contributed by atoms with van der Waals surface area (Å²) < 4.78 is 24.9. The van der Waals surface area contributed by atoms with Crippen molar-refractivity contribution in [3.8, 4) is 11.4 Å². The number of hydrogen-bond donors (Lipinski definition) is 1. The molecule has 0 aliphatic carbocycles. The summed E-state index contributed by atoms with van der Waals surface area (Å²) in [4.78, 5) is 8.83. The van der Waals surface area contributed by atoms with Gasteiger partial charge in [0.15, 0.2) is 5.82 Å². The molecule has 0 radical (unpaired) electrons. The fraction of sp³-hybridized carbons (Fsp3) is 0.375. The highest BCUT2D eigenvalue weighted by atomic mass is 32.2. The predicted octanol–water partition coefficient (Wildman–Crippen LogP) is 1.98. The molecule has 1 aliphatic rings. The fourth-order valence-corrected chi connectivity index (χ4v) is 3.65. The molecule has 1 saturated heterocycles. The molecule has 23 heavy (non-hydrogen) atoms. The van der Waals surface area contributed by atoms with Crippen LogP contribution in [-0.4, -0.2) is 48.1 Å². The third kappa shape index (κ3) is 4.05. The van der Waals surface area contributed by atoms with Gasteiger partial charge in [0.25, 0.3) is 0 Å². The van der Waals surface area contributed by atoms with Crippen LogP contribution in [0.1, 0.15) is 12.8 Å². The summed E-state index contributed by atoms with van der Waals surface area (Å²) in [7, 11) is -3.14. The zero-order valence-electron chi connectivity index (χ0n) is 13.0. The molecule has 0 bridgehead atoms. The fourth-order valence-electron chi connectivity index (χ4n) is 2.74. The van der Waals surface area contributed by atoms with Crippen molar-refractivity contribution < 1.29 is 8.42 Å². The van der Waals surface area contributed by atoms with Crippen molar-refractivity contribution in [3.63, 3.8) is 0 Å². The molecule has 3 rings (SSSR count). The second-order valence-corrected chi connectivity index (χ2v) is 7.72. The van der Waals surface area contributed by atoms with Gasteiger partial charge in [-0.15, -0.1) is 0 Å². The molecular weight excluding hydrogens is 312 g/mol. The molecule has 1 aliphatic heterocycles. The molecule has 7 heteroatoms. The normalized spacial score (nSPS) is 19.4. The van der Waals surface area contributed by atoms with E-state index in [1.165, 1.54) is 10.6 Å². The zero-order valence-corrected chi connectivity index (χ0v) is 13.8. The number of rotatable bonds is 4. The van der Waals surface area contributed by atoms with E-state index in [1.807, 2.05) is 36.4 Å². The van der Waals surface area contributed by atoms with E-state index in [1.54, 1.807) is 6.20 Å². The molecule has 0 saturated carbocycles. The van der Waals surface area contributed by atoms with E-state index < -0.39 is 10.0 Å². The third-order valence-electron chi connectivity index (χ3n) is 3.89. The van der Waals surface area contributed by atoms with Crippen molar-refractivity contribution in [2.24, 2.45) is 0 Å². The Hall–Kier alpha value is -1.99. The van der Waals surface area contributed by atoms with E-state index in [0.717, 1.165) is 24.2 Å². The SMILES string of the molecule is CS(=O)(=O)N1CCC[C@@H](Nc2ccnc(-c3ccccc3)n2)C1. The standard InChI is InChI=1S/C16H20N4O2S/c1-23(21,22)20-11-5-8-14(12-20)18-15-9-10-17-16(19-15)13-6-3-2-4-7-13/h2-4,6-7,9-10,14H,5,8,11-12H2,1H3,(H,17,18,19)/t14-/m1/s1. The van der Waals surface area contributed by atoms with Crippen LogP contribution in [0.3, 0.4) is 0 Å². The van der Waals surface area contributed by atoms with Gasteiger partial charge in [0.2, 0.25) is 10.0 Å². The van der Waals surface area contributed by atoms with Gasteiger partial charge in [0.1, 0.15) is 5.82 Å². The monoisotopic (exact) mass is 332 g/mol. The average Bonchev–Trinajstić information content (AvgIpc) is 2.55. The summed E-state index contributed by atoms with van der Waals surface area (Å²) in [5, 5.41) is 3.34. The molecule has 122 valence electrons. The van der Waals surface area contributed by atoms with Crippen molar-refractivity contribution in [2.45, 2.75) is 18.9 Å². The Kier molecular flexibility index (Phi) is 4.58. The molecule has 1 aromatic carbocycles. The van der Waals surface area contributed by atoms with E-state index in [4.69, 9.17) is 0 Å². The Morgan fingerprint density at radius 1 is 1.22 bits per heavy atom. The van der Waals surface area contributed by atoms with Gasteiger partial charge in [-0.1, -0.05) is 30.3 Å². The maximum Gasteiger partial charge on any atom is 0.211 e. The molecule has 1 aromatic heterocycles. The van der Waals surface area contributed by atoms with Gasteiger partial charge in [-0.25, -0.2) is 22.7 Å². The maximum atomic E-state index is 11.7. The molecular formula is C16H20N4O2S. The van der Waals surface area contributed by atoms with Gasteiger partial charge in [-0.2, -0.15) is 0 Å². The first kappa shape index (κ1) is 15.9. The van der Waals surface area contributed by atoms with Crippen molar-refractivity contribution in [3.05, 3.63) is 42.6 Å². The minimum atomic E-state index is -3.14. The molecule has 0 amide bonds. The van der Waals surface area contributed by atoms with Crippen LogP contribution >= 0.6 is 0 Å². The van der Waals surface area contributed by atoms with Gasteiger partial charge in [-0.05, 0) is 18.9 Å². The van der Waals surface area contributed by atoms with Crippen LogP contribution in [0.5, 0.6) is 0 Å². The first-order valence-corrected chi connectivity index (χ1v) is 9.47. The lowest BCUT2D eigenvalue weighted by molar-refractivity contribution is 0.329. The number of nitrogens with zero attached hydrogens (tertiary/aromatic N) is 3. The van der Waals surface area contributed by atoms with Crippen LogP contribution in [0, 0.1) is 0 Å². The second kappa shape index (κ2) is 6.64. The summed E-state index contributed by atoms with van der Waals surface area (Å²) in [6.07, 6.45) is 4.75. The highest BCUT2D eigenvalue weighted by molar-refractivity contribution is 7.88. The number of benzene rings is 1. The van der Waals surface area contributed by atoms with Crippen LogP contribution in [0.25, 0.3) is 11.4 Å². The van der Waals surface area contributed by atoms with Crippen LogP contribution in [0.15, 0.2) is 42.6 Å². The summed E-state index contributed by atoms with van der Waals surface area (Å²) >= 11 is 0. The van der Waals surface area contributed by atoms with Gasteiger partial charge in [-0.3, -0.25) is 0 Å². The van der Waals surface area contributed by atoms with Crippen molar-refractivity contribution >= 4 is 15.8 Å². The van der Waals surface area contributed by atoms with Crippen molar-refractivity contribution in [1.82, 2.24) is 14.3 Å². The minimum absolute atomic E-state index is 0.0667. The minimum Gasteiger partial charge on any atom is -0.366 e. The maximum absolute atomic E-state index is 11.7. The molecule has 0 unspecified atom stereocenters. The lowest BCUT2D eigenvalue weighted by Crippen LogP contribution is -2.44. The number of anilines is 1. The Morgan fingerprint density at radius 3 is 2.74 bits per heavy atom. The molecule has 2 heterocycles. The lowest BCUT2D eigenvalue weighted by Gasteiger charge is -2.31. The Bertz CT molecular complexity index is 765. The van der Waals surface area contributed by atoms with E-state index in [0.29, 0.717) is 18.9 Å². The summed E-state index contributed by atoms with van der Waals surface area (Å²) in [5.41, 5.74) is 0.956. The Morgan fingerprint density at radius 2 is 2.00 bits per heavy atom. The smallest absolute Gasteiger partial charge is 0.211 e. The summed E-state index contributed by atoms with van der Waals surface area (Å²) in [5.74, 6) is 1.38. The first-order chi connectivity index (χ1) is 11.0. The van der Waals surface area contributed by atoms with Crippen LogP contribution in [0.2, 0.25) is 0 Å². The second-order valence-electron chi connectivity index (χ2n) is 5.74. The van der Waals surface area contributed by atoms with Gasteiger partial charge < -0.3 is 5.32 Å². The largest absolute Gasteiger partial charge is 0.366 e. The van der Waals surface area contributed by atoms with E-state index in [9.17, 15) is 8.42 Å². The highest BCUT2D eigenvalue weighted by Gasteiger charge is 2.25. The molecule has 1 fully saturated rings. The number of sulfonamides is 1. The molecule has 1 N–H and O–H groups in total.